The van der Waals surface area contributed by atoms with Crippen LogP contribution >= 0.6 is 23.1 Å². The van der Waals surface area contributed by atoms with Gasteiger partial charge in [-0.15, -0.1) is 23.1 Å². The number of carbonyl (C=O) groups excluding carboxylic acids is 2. The molecule has 0 spiro atoms. The zero-order valence-corrected chi connectivity index (χ0v) is 19.8. The van der Waals surface area contributed by atoms with E-state index >= 15 is 0 Å². The summed E-state index contributed by atoms with van der Waals surface area (Å²) in [5.41, 5.74) is 6.59. The largest absolute Gasteiger partial charge is 0.870 e. The van der Waals surface area contributed by atoms with Crippen LogP contribution in [0.4, 0.5) is 5.13 Å². The Morgan fingerprint density at radius 2 is 2.12 bits per heavy atom. The minimum Gasteiger partial charge on any atom is -0.870 e. The van der Waals surface area contributed by atoms with E-state index in [4.69, 9.17) is 10.6 Å². The third kappa shape index (κ3) is 4.69. The molecule has 180 valence electrons. The van der Waals surface area contributed by atoms with Crippen molar-refractivity contribution in [3.8, 4) is 0 Å². The van der Waals surface area contributed by atoms with Gasteiger partial charge in [0.25, 0.3) is 11.8 Å². The number of nitrogens with zero attached hydrogens (tertiary/aromatic N) is 4. The lowest BCUT2D eigenvalue weighted by atomic mass is 10.0. The summed E-state index contributed by atoms with van der Waals surface area (Å²) in [6, 6.07) is -0.863. The normalized spacial score (nSPS) is 24.0. The van der Waals surface area contributed by atoms with E-state index in [0.29, 0.717) is 12.3 Å². The summed E-state index contributed by atoms with van der Waals surface area (Å²) in [6.45, 7) is 2.61. The lowest BCUT2D eigenvalue weighted by Crippen LogP contribution is -2.71. The third-order valence-corrected chi connectivity index (χ3v) is 7.93. The third-order valence-electron chi connectivity index (χ3n) is 5.92. The molecule has 2 fully saturated rings. The molecule has 1 aromatic heterocycles. The number of anilines is 1. The van der Waals surface area contributed by atoms with Gasteiger partial charge in [0.15, 0.2) is 10.8 Å². The van der Waals surface area contributed by atoms with Crippen LogP contribution in [0.1, 0.15) is 18.5 Å². The maximum atomic E-state index is 12.9. The number of thiazole rings is 1. The summed E-state index contributed by atoms with van der Waals surface area (Å²) < 4.78 is 0.785. The molecule has 33 heavy (non-hydrogen) atoms. The molecule has 14 heteroatoms. The highest BCUT2D eigenvalue weighted by atomic mass is 32.2. The Kier molecular flexibility index (Phi) is 7.31. The lowest BCUT2D eigenvalue weighted by molar-refractivity contribution is -0.893. The van der Waals surface area contributed by atoms with Gasteiger partial charge in [-0.3, -0.25) is 14.5 Å². The molecule has 1 aromatic rings. The van der Waals surface area contributed by atoms with Gasteiger partial charge in [-0.05, 0) is 0 Å². The fourth-order valence-electron chi connectivity index (χ4n) is 4.42. The number of amides is 2. The smallest absolute Gasteiger partial charge is 0.352 e. The Morgan fingerprint density at radius 1 is 1.42 bits per heavy atom. The van der Waals surface area contributed by atoms with Crippen molar-refractivity contribution in [1.29, 1.82) is 0 Å². The summed E-state index contributed by atoms with van der Waals surface area (Å²) in [5, 5.41) is 17.6. The zero-order chi connectivity index (χ0) is 23.0. The van der Waals surface area contributed by atoms with Crippen molar-refractivity contribution in [1.82, 2.24) is 15.2 Å². The number of carboxylic acids is 1. The van der Waals surface area contributed by atoms with Crippen LogP contribution in [-0.4, -0.2) is 99.4 Å². The van der Waals surface area contributed by atoms with E-state index in [0.717, 1.165) is 47.3 Å². The molecule has 2 unspecified atom stereocenters. The number of rotatable bonds is 7. The maximum absolute atomic E-state index is 12.9. The topological polar surface area (TPSA) is 177 Å². The number of hydrogen-bond acceptors (Lipinski definition) is 10. The van der Waals surface area contributed by atoms with Crippen LogP contribution in [-0.2, 0) is 19.2 Å². The molecule has 2 atom stereocenters. The minimum atomic E-state index is -1.12. The van der Waals surface area contributed by atoms with Crippen LogP contribution in [0.2, 0.25) is 0 Å². The number of nitrogens with two attached hydrogens (primary N) is 1. The van der Waals surface area contributed by atoms with Crippen molar-refractivity contribution in [2.75, 3.05) is 45.3 Å². The number of thioether (sulfide) groups is 1. The summed E-state index contributed by atoms with van der Waals surface area (Å²) in [4.78, 5) is 47.9. The quantitative estimate of drug-likeness (QED) is 0.200. The van der Waals surface area contributed by atoms with Crippen LogP contribution in [0, 0.1) is 0 Å². The first-order valence-electron chi connectivity index (χ1n) is 10.1. The van der Waals surface area contributed by atoms with Crippen molar-refractivity contribution in [2.45, 2.75) is 24.3 Å². The predicted molar refractivity (Wildman–Crippen MR) is 122 cm³/mol. The van der Waals surface area contributed by atoms with E-state index in [-0.39, 0.29) is 27.7 Å². The van der Waals surface area contributed by atoms with Gasteiger partial charge >= 0.3 is 5.97 Å². The van der Waals surface area contributed by atoms with Gasteiger partial charge in [-0.1, -0.05) is 5.16 Å². The first-order valence-corrected chi connectivity index (χ1v) is 12.0. The summed E-state index contributed by atoms with van der Waals surface area (Å²) >= 11 is 2.61. The number of fused-ring (bicyclic) bond motifs is 1. The molecule has 0 aromatic carbocycles. The number of aromatic nitrogens is 1. The molecule has 5 N–H and O–H groups in total. The first-order chi connectivity index (χ1) is 15.2. The highest BCUT2D eigenvalue weighted by molar-refractivity contribution is 8.00. The molecule has 0 saturated carbocycles. The average molecular weight is 499 g/mol. The highest BCUT2D eigenvalue weighted by Gasteiger charge is 2.55. The summed E-state index contributed by atoms with van der Waals surface area (Å²) in [5.74, 6) is -1.71. The molecule has 2 amide bonds. The van der Waals surface area contributed by atoms with E-state index in [1.807, 2.05) is 0 Å². The Bertz CT molecular complexity index is 1020. The number of β-lactam (4-membered cyclic amide) rings is 1. The van der Waals surface area contributed by atoms with Crippen LogP contribution in [0.3, 0.4) is 0 Å². The minimum absolute atomic E-state index is 0. The van der Waals surface area contributed by atoms with Gasteiger partial charge in [0.1, 0.15) is 36.5 Å². The Hall–Kier alpha value is -2.68. The molecule has 12 nitrogen and oxygen atoms in total. The second kappa shape index (κ2) is 9.67. The van der Waals surface area contributed by atoms with E-state index in [2.05, 4.69) is 22.5 Å². The predicted octanol–water partition coefficient (Wildman–Crippen LogP) is -0.122. The van der Waals surface area contributed by atoms with E-state index in [9.17, 15) is 19.5 Å². The molecule has 2 saturated heterocycles. The molecule has 3 aliphatic heterocycles. The molecule has 4 rings (SSSR count). The van der Waals surface area contributed by atoms with Crippen molar-refractivity contribution in [3.05, 3.63) is 22.3 Å². The number of likely N-dealkylation sites (tertiary alicyclic amines) is 1. The zero-order valence-electron chi connectivity index (χ0n) is 18.2. The molecule has 0 radical (unpaired) electrons. The number of nitrogens with one attached hydrogen (secondary N) is 1. The number of carbonyl (C=O) groups is 3. The van der Waals surface area contributed by atoms with Crippen molar-refractivity contribution in [3.63, 3.8) is 0 Å². The standard InChI is InChI=1S/C19H24N6O5S2.H2O/c1-25(5-3-4-6-25)7-10-8-31-17-13(16(27)24(17)14(10)18(28)29)22-15(26)12(23-30-2)11-9-32-19(20)21-11;/h9,13,17H,3-8H2,1-2H3,(H3-,20,21,22,26,28,29);1H2. The van der Waals surface area contributed by atoms with Crippen LogP contribution in [0.15, 0.2) is 21.8 Å². The van der Waals surface area contributed by atoms with Gasteiger partial charge in [0, 0.05) is 29.5 Å². The van der Waals surface area contributed by atoms with Crippen LogP contribution in [0.5, 0.6) is 0 Å². The Morgan fingerprint density at radius 3 is 2.70 bits per heavy atom. The summed E-state index contributed by atoms with van der Waals surface area (Å²) in [7, 11) is 3.42. The van der Waals surface area contributed by atoms with Gasteiger partial charge in [-0.25, -0.2) is 9.78 Å². The van der Waals surface area contributed by atoms with E-state index in [1.54, 1.807) is 5.38 Å². The van der Waals surface area contributed by atoms with Crippen LogP contribution in [0.25, 0.3) is 0 Å². The summed E-state index contributed by atoms with van der Waals surface area (Å²) in [6.07, 6.45) is 2.24. The Labute approximate surface area is 198 Å². The van der Waals surface area contributed by atoms with Crippen molar-refractivity contribution >= 4 is 51.7 Å². The van der Waals surface area contributed by atoms with Crippen molar-refractivity contribution in [2.24, 2.45) is 5.16 Å². The fourth-order valence-corrected chi connectivity index (χ4v) is 6.31. The number of aliphatic carboxylic acids is 1. The van der Waals surface area contributed by atoms with Crippen LogP contribution < -0.4 is 11.1 Å². The number of quaternary nitrogens is 1. The second-order valence-corrected chi connectivity index (χ2v) is 10.2. The number of oxime groups is 1. The highest BCUT2D eigenvalue weighted by Crippen LogP contribution is 2.41. The van der Waals surface area contributed by atoms with Crippen molar-refractivity contribution < 1.29 is 34.3 Å². The molecular weight excluding hydrogens is 472 g/mol. The van der Waals surface area contributed by atoms with E-state index < -0.39 is 29.2 Å². The molecule has 3 aliphatic rings. The van der Waals surface area contributed by atoms with Gasteiger partial charge in [0.05, 0.1) is 20.1 Å². The molecule has 4 heterocycles. The molecular formula is C19H26N6O6S2. The number of nitrogen functional groups attached to an aromatic ring is 1. The monoisotopic (exact) mass is 498 g/mol. The average Bonchev–Trinajstić information content (AvgIpc) is 3.37. The number of carboxylic acid groups (broad SMARTS) is 1. The van der Waals surface area contributed by atoms with Gasteiger partial charge < -0.3 is 31.0 Å². The maximum Gasteiger partial charge on any atom is 0.352 e. The second-order valence-electron chi connectivity index (χ2n) is 8.24. The number of hydrogen-bond donors (Lipinski definition) is 3. The fraction of sp³-hybridized carbons (Fsp3) is 0.526. The molecule has 0 bridgehead atoms. The number of likely N-dealkylation sites (N-methyl/N-ethyl adjacent to an activating group) is 1. The first kappa shape index (κ1) is 25.0. The molecule has 0 aliphatic carbocycles. The van der Waals surface area contributed by atoms with Gasteiger partial charge in [0.2, 0.25) is 0 Å². The van der Waals surface area contributed by atoms with Gasteiger partial charge in [-0.2, -0.15) is 0 Å². The SMILES string of the molecule is CON=C(C(=O)NC1C(=O)N2C(C(=O)O)=C(C[N+]3(C)CCCC3)CSC12)c1csc(N)n1.[OH-]. The Balaban J connectivity index is 0.00000306. The van der Waals surface area contributed by atoms with E-state index in [1.165, 1.54) is 23.8 Å². The lowest BCUT2D eigenvalue weighted by Gasteiger charge is -2.49.